The van der Waals surface area contributed by atoms with E-state index in [0.717, 1.165) is 77.7 Å². The van der Waals surface area contributed by atoms with Crippen molar-refractivity contribution in [2.24, 2.45) is 0 Å². The van der Waals surface area contributed by atoms with E-state index in [1.54, 1.807) is 0 Å². The Hall–Kier alpha value is -5.74. The SMILES string of the molecule is c1ccc(-c2nc3cccc(-c4ccc(-c5ccc6ccc7cccnc7c6n5)cc4)c3nc2-c2ccccc2)cc1. The Bertz CT molecular complexity index is 2230. The standard InChI is InChI=1S/C38H24N4/c1-3-9-27(10-4-1)36-37(28-11-5-2-6-12-28)42-38-31(14-7-15-33(38)41-36)25-16-18-26(19-17-25)32-23-22-30-21-20-29-13-8-24-39-34(29)35(30)40-32/h1-24H. The fourth-order valence-corrected chi connectivity index (χ4v) is 5.61. The summed E-state index contributed by atoms with van der Waals surface area (Å²) in [6.45, 7) is 0. The molecule has 3 aromatic heterocycles. The highest BCUT2D eigenvalue weighted by molar-refractivity contribution is 6.03. The minimum atomic E-state index is 0.866. The van der Waals surface area contributed by atoms with Crippen LogP contribution in [0.3, 0.4) is 0 Å². The monoisotopic (exact) mass is 536 g/mol. The summed E-state index contributed by atoms with van der Waals surface area (Å²) in [6, 6.07) is 47.8. The van der Waals surface area contributed by atoms with Crippen molar-refractivity contribution in [3.05, 3.63) is 146 Å². The summed E-state index contributed by atoms with van der Waals surface area (Å²) >= 11 is 0. The van der Waals surface area contributed by atoms with E-state index in [1.165, 1.54) is 0 Å². The van der Waals surface area contributed by atoms with Crippen molar-refractivity contribution < 1.29 is 0 Å². The zero-order chi connectivity index (χ0) is 27.9. The molecule has 0 saturated heterocycles. The second kappa shape index (κ2) is 10.0. The van der Waals surface area contributed by atoms with E-state index in [-0.39, 0.29) is 0 Å². The van der Waals surface area contributed by atoms with E-state index in [4.69, 9.17) is 15.0 Å². The maximum atomic E-state index is 5.26. The molecule has 0 atom stereocenters. The maximum Gasteiger partial charge on any atom is 0.0973 e. The minimum absolute atomic E-state index is 0.866. The van der Waals surface area contributed by atoms with E-state index in [1.807, 2.05) is 54.7 Å². The first-order valence-corrected chi connectivity index (χ1v) is 14.0. The average Bonchev–Trinajstić information content (AvgIpc) is 3.08. The summed E-state index contributed by atoms with van der Waals surface area (Å²) in [6.07, 6.45) is 1.82. The van der Waals surface area contributed by atoms with Crippen molar-refractivity contribution in [1.29, 1.82) is 0 Å². The molecule has 0 radical (unpaired) electrons. The molecule has 0 saturated carbocycles. The van der Waals surface area contributed by atoms with Gasteiger partial charge in [0.05, 0.1) is 39.1 Å². The Morgan fingerprint density at radius 1 is 0.357 bits per heavy atom. The Balaban J connectivity index is 1.24. The van der Waals surface area contributed by atoms with Crippen molar-refractivity contribution in [2.75, 3.05) is 0 Å². The zero-order valence-corrected chi connectivity index (χ0v) is 22.6. The highest BCUT2D eigenvalue weighted by atomic mass is 14.8. The average molecular weight is 537 g/mol. The first kappa shape index (κ1) is 24.1. The Morgan fingerprint density at radius 2 is 1.00 bits per heavy atom. The van der Waals surface area contributed by atoms with Crippen LogP contribution in [-0.2, 0) is 0 Å². The highest BCUT2D eigenvalue weighted by Gasteiger charge is 2.16. The number of rotatable bonds is 4. The van der Waals surface area contributed by atoms with Gasteiger partial charge in [-0.15, -0.1) is 0 Å². The largest absolute Gasteiger partial charge is 0.254 e. The molecule has 3 heterocycles. The number of benzene rings is 5. The first-order valence-electron chi connectivity index (χ1n) is 14.0. The zero-order valence-electron chi connectivity index (χ0n) is 22.6. The molecule has 0 unspecified atom stereocenters. The molecule has 0 N–H and O–H groups in total. The molecule has 4 nitrogen and oxygen atoms in total. The summed E-state index contributed by atoms with van der Waals surface area (Å²) in [4.78, 5) is 20.0. The van der Waals surface area contributed by atoms with Gasteiger partial charge in [0.15, 0.2) is 0 Å². The van der Waals surface area contributed by atoms with Crippen molar-refractivity contribution in [2.45, 2.75) is 0 Å². The smallest absolute Gasteiger partial charge is 0.0973 e. The van der Waals surface area contributed by atoms with Crippen molar-refractivity contribution in [3.63, 3.8) is 0 Å². The van der Waals surface area contributed by atoms with Crippen molar-refractivity contribution >= 4 is 32.8 Å². The topological polar surface area (TPSA) is 51.6 Å². The van der Waals surface area contributed by atoms with Gasteiger partial charge in [-0.25, -0.2) is 15.0 Å². The Labute approximate surface area is 243 Å². The third kappa shape index (κ3) is 4.18. The molecule has 5 aromatic carbocycles. The summed E-state index contributed by atoms with van der Waals surface area (Å²) in [5.41, 5.74) is 11.5. The quantitative estimate of drug-likeness (QED) is 0.210. The van der Waals surface area contributed by atoms with Crippen LogP contribution in [0.5, 0.6) is 0 Å². The lowest BCUT2D eigenvalue weighted by atomic mass is 9.99. The Morgan fingerprint density at radius 3 is 1.74 bits per heavy atom. The molecule has 0 bridgehead atoms. The van der Waals surface area contributed by atoms with Crippen LogP contribution in [0.4, 0.5) is 0 Å². The number of para-hydroxylation sites is 1. The van der Waals surface area contributed by atoms with Gasteiger partial charge in [-0.3, -0.25) is 4.98 Å². The van der Waals surface area contributed by atoms with Gasteiger partial charge in [0, 0.05) is 39.2 Å². The molecular weight excluding hydrogens is 512 g/mol. The van der Waals surface area contributed by atoms with Crippen LogP contribution in [-0.4, -0.2) is 19.9 Å². The summed E-state index contributed by atoms with van der Waals surface area (Å²) in [5.74, 6) is 0. The van der Waals surface area contributed by atoms with Crippen LogP contribution in [0.1, 0.15) is 0 Å². The molecule has 196 valence electrons. The molecule has 42 heavy (non-hydrogen) atoms. The van der Waals surface area contributed by atoms with Gasteiger partial charge in [0.25, 0.3) is 0 Å². The number of pyridine rings is 2. The van der Waals surface area contributed by atoms with E-state index < -0.39 is 0 Å². The third-order valence-electron chi connectivity index (χ3n) is 7.71. The molecular formula is C38H24N4. The van der Waals surface area contributed by atoms with E-state index >= 15 is 0 Å². The van der Waals surface area contributed by atoms with Gasteiger partial charge in [-0.2, -0.15) is 0 Å². The number of hydrogen-bond acceptors (Lipinski definition) is 4. The van der Waals surface area contributed by atoms with Crippen LogP contribution >= 0.6 is 0 Å². The summed E-state index contributed by atoms with van der Waals surface area (Å²) in [7, 11) is 0. The van der Waals surface area contributed by atoms with Crippen molar-refractivity contribution in [3.8, 4) is 44.9 Å². The van der Waals surface area contributed by atoms with Crippen LogP contribution < -0.4 is 0 Å². The number of aromatic nitrogens is 4. The minimum Gasteiger partial charge on any atom is -0.254 e. The lowest BCUT2D eigenvalue weighted by Crippen LogP contribution is -1.97. The fraction of sp³-hybridized carbons (Fsp3) is 0. The number of nitrogens with zero attached hydrogens (tertiary/aromatic N) is 4. The molecule has 0 spiro atoms. The molecule has 4 heteroatoms. The molecule has 0 aliphatic heterocycles. The summed E-state index contributed by atoms with van der Waals surface area (Å²) in [5, 5.41) is 2.17. The number of hydrogen-bond donors (Lipinski definition) is 0. The van der Waals surface area contributed by atoms with Gasteiger partial charge in [0.2, 0.25) is 0 Å². The molecule has 0 amide bonds. The molecule has 0 aliphatic carbocycles. The number of fused-ring (bicyclic) bond motifs is 4. The predicted molar refractivity (Wildman–Crippen MR) is 172 cm³/mol. The lowest BCUT2D eigenvalue weighted by molar-refractivity contribution is 1.29. The van der Waals surface area contributed by atoms with E-state index in [0.29, 0.717) is 0 Å². The Kier molecular flexibility index (Phi) is 5.75. The van der Waals surface area contributed by atoms with Gasteiger partial charge < -0.3 is 0 Å². The molecule has 8 aromatic rings. The van der Waals surface area contributed by atoms with E-state index in [2.05, 4.69) is 96.0 Å². The van der Waals surface area contributed by atoms with Gasteiger partial charge in [-0.1, -0.05) is 121 Å². The van der Waals surface area contributed by atoms with Crippen LogP contribution in [0, 0.1) is 0 Å². The van der Waals surface area contributed by atoms with Crippen LogP contribution in [0.25, 0.3) is 77.7 Å². The summed E-state index contributed by atoms with van der Waals surface area (Å²) < 4.78 is 0. The van der Waals surface area contributed by atoms with E-state index in [9.17, 15) is 0 Å². The second-order valence-electron chi connectivity index (χ2n) is 10.3. The predicted octanol–water partition coefficient (Wildman–Crippen LogP) is 9.39. The molecule has 0 fully saturated rings. The van der Waals surface area contributed by atoms with Gasteiger partial charge in [-0.05, 0) is 23.8 Å². The van der Waals surface area contributed by atoms with Crippen LogP contribution in [0.2, 0.25) is 0 Å². The lowest BCUT2D eigenvalue weighted by Gasteiger charge is -2.13. The van der Waals surface area contributed by atoms with Crippen LogP contribution in [0.15, 0.2) is 146 Å². The molecule has 8 rings (SSSR count). The van der Waals surface area contributed by atoms with Gasteiger partial charge >= 0.3 is 0 Å². The van der Waals surface area contributed by atoms with Crippen molar-refractivity contribution in [1.82, 2.24) is 19.9 Å². The molecule has 0 aliphatic rings. The normalized spacial score (nSPS) is 11.3. The second-order valence-corrected chi connectivity index (χ2v) is 10.3. The van der Waals surface area contributed by atoms with Gasteiger partial charge in [0.1, 0.15) is 0 Å². The third-order valence-corrected chi connectivity index (χ3v) is 7.71. The fourth-order valence-electron chi connectivity index (χ4n) is 5.61. The highest BCUT2D eigenvalue weighted by Crippen LogP contribution is 2.35. The first-order chi connectivity index (χ1) is 20.8. The maximum absolute atomic E-state index is 5.26.